The van der Waals surface area contributed by atoms with Gasteiger partial charge in [-0.2, -0.15) is 0 Å². The number of aromatic nitrogens is 1. The average molecular weight is 569 g/mol. The quantitative estimate of drug-likeness (QED) is 0.225. The Kier molecular flexibility index (Phi) is 4.71. The number of fused-ring (bicyclic) bond motifs is 10. The van der Waals surface area contributed by atoms with Gasteiger partial charge >= 0.3 is 0 Å². The van der Waals surface area contributed by atoms with E-state index in [1.807, 2.05) is 23.9 Å². The lowest BCUT2D eigenvalue weighted by molar-refractivity contribution is 0.669. The van der Waals surface area contributed by atoms with Crippen molar-refractivity contribution in [2.75, 3.05) is 5.32 Å². The summed E-state index contributed by atoms with van der Waals surface area (Å²) in [4.78, 5) is 1.26. The van der Waals surface area contributed by atoms with Crippen LogP contribution in [0.3, 0.4) is 0 Å². The summed E-state index contributed by atoms with van der Waals surface area (Å²) in [6, 6.07) is 48.4. The van der Waals surface area contributed by atoms with Crippen molar-refractivity contribution >= 4 is 82.7 Å². The van der Waals surface area contributed by atoms with Crippen LogP contribution in [0.15, 0.2) is 143 Å². The van der Waals surface area contributed by atoms with Gasteiger partial charge in [-0.05, 0) is 81.7 Å². The van der Waals surface area contributed by atoms with Crippen LogP contribution in [-0.2, 0) is 0 Å². The van der Waals surface area contributed by atoms with E-state index in [0.29, 0.717) is 0 Å². The molecular formula is C39H24N2OS. The number of furan rings is 1. The van der Waals surface area contributed by atoms with Crippen LogP contribution in [0, 0.1) is 0 Å². The Bertz CT molecular complexity index is 2480. The first kappa shape index (κ1) is 23.4. The van der Waals surface area contributed by atoms with Crippen molar-refractivity contribution in [3.63, 3.8) is 0 Å². The number of hydrogen-bond acceptors (Lipinski definition) is 3. The first-order valence-corrected chi connectivity index (χ1v) is 15.5. The molecular weight excluding hydrogens is 545 g/mol. The molecule has 1 unspecified atom stereocenters. The molecule has 9 aromatic rings. The predicted octanol–water partition coefficient (Wildman–Crippen LogP) is 11.2. The molecule has 1 N–H and O–H groups in total. The normalized spacial score (nSPS) is 14.8. The van der Waals surface area contributed by atoms with Crippen molar-refractivity contribution in [2.24, 2.45) is 0 Å². The van der Waals surface area contributed by atoms with Crippen LogP contribution in [0.4, 0.5) is 5.69 Å². The van der Waals surface area contributed by atoms with Gasteiger partial charge in [-0.25, -0.2) is 0 Å². The average Bonchev–Trinajstić information content (AvgIpc) is 3.74. The zero-order valence-corrected chi connectivity index (χ0v) is 23.9. The Morgan fingerprint density at radius 1 is 0.558 bits per heavy atom. The standard InChI is InChI=1S/C39H24N2OS/c1-3-9-26-21-32-30(19-24(26)7-1)31-20-25-8-2-4-10-27(25)22-33(31)41(32)28-15-13-23(14-16-28)39-40-38-36(43-39)18-17-35-37(38)29-11-5-6-12-34(29)42-35/h1-22,39-40H. The topological polar surface area (TPSA) is 30.1 Å². The molecule has 4 heteroatoms. The molecule has 3 heterocycles. The second kappa shape index (κ2) is 8.66. The molecule has 3 nitrogen and oxygen atoms in total. The van der Waals surface area contributed by atoms with Gasteiger partial charge in [0.25, 0.3) is 0 Å². The molecule has 0 bridgehead atoms. The molecule has 0 aliphatic carbocycles. The van der Waals surface area contributed by atoms with Crippen LogP contribution >= 0.6 is 11.8 Å². The lowest BCUT2D eigenvalue weighted by atomic mass is 10.0. The molecule has 0 fully saturated rings. The van der Waals surface area contributed by atoms with Gasteiger partial charge < -0.3 is 14.3 Å². The lowest BCUT2D eigenvalue weighted by Crippen LogP contribution is -2.02. The van der Waals surface area contributed by atoms with Crippen LogP contribution in [0.5, 0.6) is 0 Å². The summed E-state index contributed by atoms with van der Waals surface area (Å²) >= 11 is 1.87. The minimum absolute atomic E-state index is 0.134. The maximum Gasteiger partial charge on any atom is 0.137 e. The highest BCUT2D eigenvalue weighted by molar-refractivity contribution is 8.00. The summed E-state index contributed by atoms with van der Waals surface area (Å²) in [7, 11) is 0. The van der Waals surface area contributed by atoms with Crippen molar-refractivity contribution in [3.05, 3.63) is 139 Å². The Morgan fingerprint density at radius 3 is 1.84 bits per heavy atom. The molecule has 10 rings (SSSR count). The van der Waals surface area contributed by atoms with Crippen LogP contribution in [0.25, 0.3) is 71.0 Å². The van der Waals surface area contributed by atoms with E-state index >= 15 is 0 Å². The fraction of sp³-hybridized carbons (Fsp3) is 0.0256. The highest BCUT2D eigenvalue weighted by atomic mass is 32.2. The maximum absolute atomic E-state index is 6.15. The molecule has 2 aromatic heterocycles. The summed E-state index contributed by atoms with van der Waals surface area (Å²) in [5.41, 5.74) is 7.90. The summed E-state index contributed by atoms with van der Waals surface area (Å²) in [6.45, 7) is 0. The molecule has 1 atom stereocenters. The van der Waals surface area contributed by atoms with Gasteiger partial charge in [0, 0.05) is 26.7 Å². The summed E-state index contributed by atoms with van der Waals surface area (Å²) in [5, 5.41) is 13.9. The third-order valence-electron chi connectivity index (χ3n) is 8.98. The molecule has 0 saturated heterocycles. The number of anilines is 1. The van der Waals surface area contributed by atoms with Gasteiger partial charge in [-0.15, -0.1) is 0 Å². The van der Waals surface area contributed by atoms with Gasteiger partial charge in [0.15, 0.2) is 0 Å². The molecule has 202 valence electrons. The largest absolute Gasteiger partial charge is 0.456 e. The molecule has 43 heavy (non-hydrogen) atoms. The third-order valence-corrected chi connectivity index (χ3v) is 10.2. The number of nitrogens with one attached hydrogen (secondary N) is 1. The van der Waals surface area contributed by atoms with E-state index in [1.165, 1.54) is 64.9 Å². The lowest BCUT2D eigenvalue weighted by Gasteiger charge is -2.14. The highest BCUT2D eigenvalue weighted by Crippen LogP contribution is 2.51. The SMILES string of the molecule is c1ccc2cc3c(cc2c1)c1cc2ccccc2cc1n3-c1ccc(C2Nc3c(ccc4oc5ccccc5c34)S2)cc1. The Morgan fingerprint density at radius 2 is 1.16 bits per heavy atom. The summed E-state index contributed by atoms with van der Waals surface area (Å²) < 4.78 is 8.58. The number of benzene rings is 7. The zero-order chi connectivity index (χ0) is 28.1. The first-order chi connectivity index (χ1) is 21.3. The molecule has 1 aliphatic rings. The Labute approximate surface area is 251 Å². The zero-order valence-electron chi connectivity index (χ0n) is 23.0. The van der Waals surface area contributed by atoms with Crippen molar-refractivity contribution < 1.29 is 4.42 Å². The summed E-state index contributed by atoms with van der Waals surface area (Å²) in [5.74, 6) is 0. The monoisotopic (exact) mass is 568 g/mol. The van der Waals surface area contributed by atoms with Crippen molar-refractivity contribution in [3.8, 4) is 5.69 Å². The fourth-order valence-corrected chi connectivity index (χ4v) is 8.09. The Balaban J connectivity index is 1.11. The second-order valence-corrected chi connectivity index (χ2v) is 12.6. The first-order valence-electron chi connectivity index (χ1n) is 14.6. The highest BCUT2D eigenvalue weighted by Gasteiger charge is 2.27. The summed E-state index contributed by atoms with van der Waals surface area (Å²) in [6.07, 6.45) is 0. The molecule has 0 amide bonds. The van der Waals surface area contributed by atoms with E-state index in [2.05, 4.69) is 131 Å². The van der Waals surface area contributed by atoms with Crippen LogP contribution in [0.2, 0.25) is 0 Å². The van der Waals surface area contributed by atoms with E-state index in [-0.39, 0.29) is 5.37 Å². The van der Waals surface area contributed by atoms with Gasteiger partial charge in [0.2, 0.25) is 0 Å². The van der Waals surface area contributed by atoms with E-state index < -0.39 is 0 Å². The van der Waals surface area contributed by atoms with Crippen molar-refractivity contribution in [1.82, 2.24) is 4.57 Å². The molecule has 1 aliphatic heterocycles. The number of rotatable bonds is 2. The number of nitrogens with zero attached hydrogens (tertiary/aromatic N) is 1. The molecule has 0 radical (unpaired) electrons. The van der Waals surface area contributed by atoms with E-state index in [4.69, 9.17) is 4.42 Å². The minimum Gasteiger partial charge on any atom is -0.456 e. The van der Waals surface area contributed by atoms with E-state index in [1.54, 1.807) is 0 Å². The second-order valence-electron chi connectivity index (χ2n) is 11.4. The fourth-order valence-electron chi connectivity index (χ4n) is 6.94. The molecule has 0 spiro atoms. The van der Waals surface area contributed by atoms with Gasteiger partial charge in [-0.3, -0.25) is 0 Å². The number of hydrogen-bond donors (Lipinski definition) is 1. The minimum atomic E-state index is 0.134. The van der Waals surface area contributed by atoms with Crippen LogP contribution < -0.4 is 5.32 Å². The maximum atomic E-state index is 6.15. The van der Waals surface area contributed by atoms with Gasteiger partial charge in [0.05, 0.1) is 22.1 Å². The predicted molar refractivity (Wildman–Crippen MR) is 182 cm³/mol. The van der Waals surface area contributed by atoms with Gasteiger partial charge in [0.1, 0.15) is 16.5 Å². The molecule has 0 saturated carbocycles. The molecule has 7 aromatic carbocycles. The third kappa shape index (κ3) is 3.38. The number of thioether (sulfide) groups is 1. The van der Waals surface area contributed by atoms with Crippen LogP contribution in [-0.4, -0.2) is 4.57 Å². The number of para-hydroxylation sites is 1. The van der Waals surface area contributed by atoms with Gasteiger partial charge in [-0.1, -0.05) is 90.6 Å². The van der Waals surface area contributed by atoms with E-state index in [0.717, 1.165) is 22.2 Å². The van der Waals surface area contributed by atoms with Crippen LogP contribution in [0.1, 0.15) is 10.9 Å². The Hall–Kier alpha value is -5.19. The van der Waals surface area contributed by atoms with E-state index in [9.17, 15) is 0 Å². The smallest absolute Gasteiger partial charge is 0.137 e. The van der Waals surface area contributed by atoms with Crippen molar-refractivity contribution in [2.45, 2.75) is 10.3 Å². The van der Waals surface area contributed by atoms with Crippen molar-refractivity contribution in [1.29, 1.82) is 0 Å².